The van der Waals surface area contributed by atoms with Crippen molar-refractivity contribution in [1.29, 1.82) is 0 Å². The van der Waals surface area contributed by atoms with Crippen molar-refractivity contribution in [2.75, 3.05) is 26.2 Å². The van der Waals surface area contributed by atoms with Crippen molar-refractivity contribution in [2.45, 2.75) is 32.4 Å². The molecule has 0 radical (unpaired) electrons. The molecule has 136 valence electrons. The van der Waals surface area contributed by atoms with Gasteiger partial charge in [-0.05, 0) is 37.1 Å². The van der Waals surface area contributed by atoms with Crippen LogP contribution in [-0.4, -0.2) is 41.2 Å². The van der Waals surface area contributed by atoms with Crippen LogP contribution in [0.3, 0.4) is 0 Å². The summed E-state index contributed by atoms with van der Waals surface area (Å²) in [6.45, 7) is 5.41. The van der Waals surface area contributed by atoms with Gasteiger partial charge < -0.3 is 10.4 Å². The summed E-state index contributed by atoms with van der Waals surface area (Å²) >= 11 is 0. The largest absolute Gasteiger partial charge is 0.395 e. The summed E-state index contributed by atoms with van der Waals surface area (Å²) in [7, 11) is 0. The van der Waals surface area contributed by atoms with Gasteiger partial charge in [-0.15, -0.1) is 0 Å². The smallest absolute Gasteiger partial charge is 0.141 e. The second-order valence-electron chi connectivity index (χ2n) is 6.18. The molecule has 1 aromatic carbocycles. The van der Waals surface area contributed by atoms with E-state index in [-0.39, 0.29) is 18.5 Å². The predicted octanol–water partition coefficient (Wildman–Crippen LogP) is 3.15. The van der Waals surface area contributed by atoms with E-state index in [4.69, 9.17) is 0 Å². The summed E-state index contributed by atoms with van der Waals surface area (Å²) in [5, 5.41) is 12.8. The van der Waals surface area contributed by atoms with E-state index in [0.29, 0.717) is 6.54 Å². The number of hydrogen-bond acceptors (Lipinski definition) is 4. The number of pyridine rings is 1. The highest BCUT2D eigenvalue weighted by atomic mass is 19.1. The van der Waals surface area contributed by atoms with Crippen molar-refractivity contribution in [3.8, 4) is 0 Å². The van der Waals surface area contributed by atoms with Crippen LogP contribution in [0.5, 0.6) is 0 Å². The summed E-state index contributed by atoms with van der Waals surface area (Å²) in [6.07, 6.45) is 3.15. The maximum atomic E-state index is 13.1. The Bertz CT molecular complexity index is 592. The second-order valence-corrected chi connectivity index (χ2v) is 6.18. The first-order chi connectivity index (χ1) is 12.2. The monoisotopic (exact) mass is 345 g/mol. The maximum absolute atomic E-state index is 13.1. The molecule has 0 saturated carbocycles. The number of halogens is 1. The van der Waals surface area contributed by atoms with Crippen molar-refractivity contribution in [1.82, 2.24) is 15.2 Å². The molecule has 0 fully saturated rings. The van der Waals surface area contributed by atoms with Crippen LogP contribution in [0, 0.1) is 5.82 Å². The van der Waals surface area contributed by atoms with E-state index in [1.807, 2.05) is 18.2 Å². The SMILES string of the molecule is CCCNC(CCN(CCO)Cc1ccccc1)c1ccc(F)cn1. The first kappa shape index (κ1) is 19.5. The van der Waals surface area contributed by atoms with Gasteiger partial charge in [0.1, 0.15) is 5.82 Å². The lowest BCUT2D eigenvalue weighted by atomic mass is 10.1. The van der Waals surface area contributed by atoms with Crippen LogP contribution >= 0.6 is 0 Å². The van der Waals surface area contributed by atoms with E-state index in [1.54, 1.807) is 6.07 Å². The van der Waals surface area contributed by atoms with Gasteiger partial charge in [0, 0.05) is 19.6 Å². The predicted molar refractivity (Wildman–Crippen MR) is 98.7 cm³/mol. The second kappa shape index (κ2) is 10.9. The van der Waals surface area contributed by atoms with E-state index in [1.165, 1.54) is 17.8 Å². The van der Waals surface area contributed by atoms with Crippen LogP contribution in [-0.2, 0) is 6.54 Å². The van der Waals surface area contributed by atoms with Gasteiger partial charge in [-0.3, -0.25) is 9.88 Å². The van der Waals surface area contributed by atoms with E-state index in [2.05, 4.69) is 34.3 Å². The van der Waals surface area contributed by atoms with Gasteiger partial charge in [-0.25, -0.2) is 4.39 Å². The van der Waals surface area contributed by atoms with Gasteiger partial charge in [-0.2, -0.15) is 0 Å². The van der Waals surface area contributed by atoms with Gasteiger partial charge in [-0.1, -0.05) is 37.3 Å². The number of hydrogen-bond donors (Lipinski definition) is 2. The molecule has 4 nitrogen and oxygen atoms in total. The van der Waals surface area contributed by atoms with Crippen molar-refractivity contribution in [2.24, 2.45) is 0 Å². The Morgan fingerprint density at radius 1 is 1.16 bits per heavy atom. The molecule has 0 saturated heterocycles. The molecular formula is C20H28FN3O. The van der Waals surface area contributed by atoms with Gasteiger partial charge >= 0.3 is 0 Å². The number of aromatic nitrogens is 1. The number of benzene rings is 1. The highest BCUT2D eigenvalue weighted by Gasteiger charge is 2.15. The Morgan fingerprint density at radius 2 is 1.96 bits per heavy atom. The molecule has 2 N–H and O–H groups in total. The Kier molecular flexibility index (Phi) is 8.52. The Morgan fingerprint density at radius 3 is 2.60 bits per heavy atom. The molecule has 1 aromatic heterocycles. The summed E-state index contributed by atoms with van der Waals surface area (Å²) < 4.78 is 13.1. The van der Waals surface area contributed by atoms with E-state index in [9.17, 15) is 9.50 Å². The fraction of sp³-hybridized carbons (Fsp3) is 0.450. The molecule has 1 heterocycles. The average Bonchev–Trinajstić information content (AvgIpc) is 2.64. The third-order valence-corrected chi connectivity index (χ3v) is 4.15. The molecule has 2 aromatic rings. The third kappa shape index (κ3) is 6.90. The Hall–Kier alpha value is -1.82. The average molecular weight is 345 g/mol. The quantitative estimate of drug-likeness (QED) is 0.657. The minimum absolute atomic E-state index is 0.0810. The van der Waals surface area contributed by atoms with E-state index in [0.717, 1.165) is 38.2 Å². The normalized spacial score (nSPS) is 12.5. The molecule has 25 heavy (non-hydrogen) atoms. The highest BCUT2D eigenvalue weighted by Crippen LogP contribution is 2.16. The summed E-state index contributed by atoms with van der Waals surface area (Å²) in [6, 6.07) is 13.5. The van der Waals surface area contributed by atoms with Gasteiger partial charge in [0.25, 0.3) is 0 Å². The van der Waals surface area contributed by atoms with Crippen molar-refractivity contribution in [3.05, 3.63) is 65.7 Å². The molecule has 0 aliphatic carbocycles. The third-order valence-electron chi connectivity index (χ3n) is 4.15. The molecular weight excluding hydrogens is 317 g/mol. The number of aliphatic hydroxyl groups excluding tert-OH is 1. The van der Waals surface area contributed by atoms with Gasteiger partial charge in [0.2, 0.25) is 0 Å². The molecule has 1 atom stereocenters. The lowest BCUT2D eigenvalue weighted by Gasteiger charge is -2.25. The standard InChI is InChI=1S/C20H28FN3O/c1-2-11-22-20(19-9-8-18(21)15-23-19)10-12-24(13-14-25)16-17-6-4-3-5-7-17/h3-9,15,20,22,25H,2,10-14,16H2,1H3. The highest BCUT2D eigenvalue weighted by molar-refractivity contribution is 5.14. The first-order valence-electron chi connectivity index (χ1n) is 8.95. The van der Waals surface area contributed by atoms with Crippen LogP contribution < -0.4 is 5.32 Å². The zero-order valence-corrected chi connectivity index (χ0v) is 14.9. The molecule has 0 aliphatic rings. The minimum Gasteiger partial charge on any atom is -0.395 e. The first-order valence-corrected chi connectivity index (χ1v) is 8.95. The van der Waals surface area contributed by atoms with E-state index < -0.39 is 0 Å². The molecule has 2 rings (SSSR count). The van der Waals surface area contributed by atoms with Crippen molar-refractivity contribution >= 4 is 0 Å². The Labute approximate surface area is 149 Å². The molecule has 0 aliphatic heterocycles. The molecule has 5 heteroatoms. The molecule has 1 unspecified atom stereocenters. The van der Waals surface area contributed by atoms with Gasteiger partial charge in [0.15, 0.2) is 0 Å². The van der Waals surface area contributed by atoms with Crippen molar-refractivity contribution < 1.29 is 9.50 Å². The number of nitrogens with zero attached hydrogens (tertiary/aromatic N) is 2. The summed E-state index contributed by atoms with van der Waals surface area (Å²) in [4.78, 5) is 6.47. The summed E-state index contributed by atoms with van der Waals surface area (Å²) in [5.41, 5.74) is 2.09. The fourth-order valence-corrected chi connectivity index (χ4v) is 2.83. The van der Waals surface area contributed by atoms with E-state index >= 15 is 0 Å². The minimum atomic E-state index is -0.316. The zero-order valence-electron chi connectivity index (χ0n) is 14.9. The maximum Gasteiger partial charge on any atom is 0.141 e. The topological polar surface area (TPSA) is 48.4 Å². The van der Waals surface area contributed by atoms with Crippen molar-refractivity contribution in [3.63, 3.8) is 0 Å². The number of rotatable bonds is 11. The van der Waals surface area contributed by atoms with Crippen LogP contribution in [0.2, 0.25) is 0 Å². The lowest BCUT2D eigenvalue weighted by molar-refractivity contribution is 0.183. The van der Waals surface area contributed by atoms with Crippen LogP contribution in [0.1, 0.15) is 37.1 Å². The van der Waals surface area contributed by atoms with Gasteiger partial charge in [0.05, 0.1) is 24.5 Å². The molecule has 0 spiro atoms. The number of aliphatic hydroxyl groups is 1. The lowest BCUT2D eigenvalue weighted by Crippen LogP contribution is -2.32. The van der Waals surface area contributed by atoms with Crippen LogP contribution in [0.25, 0.3) is 0 Å². The van der Waals surface area contributed by atoms with Crippen LogP contribution in [0.4, 0.5) is 4.39 Å². The molecule has 0 amide bonds. The molecule has 0 bridgehead atoms. The summed E-state index contributed by atoms with van der Waals surface area (Å²) in [5.74, 6) is -0.316. The Balaban J connectivity index is 1.98. The van der Waals surface area contributed by atoms with Crippen LogP contribution in [0.15, 0.2) is 48.7 Å². The number of nitrogens with one attached hydrogen (secondary N) is 1. The fourth-order valence-electron chi connectivity index (χ4n) is 2.83. The zero-order chi connectivity index (χ0) is 17.9.